The maximum absolute atomic E-state index is 12.8. The highest BCUT2D eigenvalue weighted by Crippen LogP contribution is 2.31. The smallest absolute Gasteiger partial charge is 0.287 e. The van der Waals surface area contributed by atoms with Gasteiger partial charge in [0.25, 0.3) is 5.91 Å². The SMILES string of the molecule is CC(NNC(=O)c1cnccc1C(F)(F)F)c1ccccc1. The summed E-state index contributed by atoms with van der Waals surface area (Å²) in [4.78, 5) is 15.5. The predicted molar refractivity (Wildman–Crippen MR) is 74.7 cm³/mol. The molecule has 0 spiro atoms. The molecule has 7 heteroatoms. The van der Waals surface area contributed by atoms with Crippen molar-refractivity contribution < 1.29 is 18.0 Å². The van der Waals surface area contributed by atoms with E-state index in [0.29, 0.717) is 0 Å². The van der Waals surface area contributed by atoms with Crippen molar-refractivity contribution in [3.63, 3.8) is 0 Å². The van der Waals surface area contributed by atoms with Gasteiger partial charge >= 0.3 is 6.18 Å². The van der Waals surface area contributed by atoms with Gasteiger partial charge in [0.05, 0.1) is 11.1 Å². The molecule has 0 radical (unpaired) electrons. The van der Waals surface area contributed by atoms with Gasteiger partial charge in [-0.25, -0.2) is 5.43 Å². The second-order valence-corrected chi connectivity index (χ2v) is 4.65. The first-order valence-corrected chi connectivity index (χ1v) is 6.51. The van der Waals surface area contributed by atoms with Crippen LogP contribution in [0.4, 0.5) is 13.2 Å². The third-order valence-electron chi connectivity index (χ3n) is 3.07. The summed E-state index contributed by atoms with van der Waals surface area (Å²) < 4.78 is 38.5. The average Bonchev–Trinajstić information content (AvgIpc) is 2.52. The second-order valence-electron chi connectivity index (χ2n) is 4.65. The van der Waals surface area contributed by atoms with Crippen molar-refractivity contribution in [2.45, 2.75) is 19.1 Å². The number of alkyl halides is 3. The minimum Gasteiger partial charge on any atom is -0.287 e. The Bertz CT molecular complexity index is 644. The number of nitrogens with one attached hydrogen (secondary N) is 2. The Morgan fingerprint density at radius 3 is 2.50 bits per heavy atom. The van der Waals surface area contributed by atoms with Crippen LogP contribution in [0, 0.1) is 0 Å². The van der Waals surface area contributed by atoms with Gasteiger partial charge in [-0.1, -0.05) is 30.3 Å². The van der Waals surface area contributed by atoms with Crippen LogP contribution < -0.4 is 10.9 Å². The number of nitrogens with zero attached hydrogens (tertiary/aromatic N) is 1. The summed E-state index contributed by atoms with van der Waals surface area (Å²) >= 11 is 0. The van der Waals surface area contributed by atoms with Gasteiger partial charge < -0.3 is 0 Å². The van der Waals surface area contributed by atoms with Crippen molar-refractivity contribution >= 4 is 5.91 Å². The second kappa shape index (κ2) is 6.57. The van der Waals surface area contributed by atoms with E-state index in [0.717, 1.165) is 24.0 Å². The fraction of sp³-hybridized carbons (Fsp3) is 0.200. The minimum absolute atomic E-state index is 0.254. The van der Waals surface area contributed by atoms with E-state index >= 15 is 0 Å². The Balaban J connectivity index is 2.08. The molecule has 2 aromatic rings. The van der Waals surface area contributed by atoms with Crippen molar-refractivity contribution in [1.82, 2.24) is 15.8 Å². The third kappa shape index (κ3) is 3.82. The lowest BCUT2D eigenvalue weighted by Gasteiger charge is -2.16. The highest BCUT2D eigenvalue weighted by molar-refractivity contribution is 5.95. The predicted octanol–water partition coefficient (Wildman–Crippen LogP) is 3.10. The Kier molecular flexibility index (Phi) is 4.77. The number of halogens is 3. The Morgan fingerprint density at radius 1 is 1.18 bits per heavy atom. The number of hydrazine groups is 1. The highest BCUT2D eigenvalue weighted by Gasteiger charge is 2.35. The van der Waals surface area contributed by atoms with Crippen molar-refractivity contribution in [3.8, 4) is 0 Å². The molecule has 0 aliphatic carbocycles. The third-order valence-corrected chi connectivity index (χ3v) is 3.07. The monoisotopic (exact) mass is 309 g/mol. The van der Waals surface area contributed by atoms with Gasteiger partial charge in [-0.15, -0.1) is 0 Å². The molecule has 1 aromatic carbocycles. The molecular weight excluding hydrogens is 295 g/mol. The molecular formula is C15H14F3N3O. The normalized spacial score (nSPS) is 12.7. The van der Waals surface area contributed by atoms with Crippen LogP contribution >= 0.6 is 0 Å². The number of carbonyl (C=O) groups is 1. The van der Waals surface area contributed by atoms with Crippen molar-refractivity contribution in [2.75, 3.05) is 0 Å². The van der Waals surface area contributed by atoms with Crippen LogP contribution in [-0.2, 0) is 6.18 Å². The van der Waals surface area contributed by atoms with Gasteiger partial charge in [-0.3, -0.25) is 15.2 Å². The number of amides is 1. The molecule has 1 atom stereocenters. The van der Waals surface area contributed by atoms with E-state index in [2.05, 4.69) is 15.8 Å². The van der Waals surface area contributed by atoms with E-state index in [1.807, 2.05) is 30.3 Å². The van der Waals surface area contributed by atoms with E-state index in [1.165, 1.54) is 0 Å². The molecule has 22 heavy (non-hydrogen) atoms. The molecule has 116 valence electrons. The van der Waals surface area contributed by atoms with Crippen LogP contribution in [0.5, 0.6) is 0 Å². The molecule has 1 amide bonds. The first-order chi connectivity index (χ1) is 10.4. The van der Waals surface area contributed by atoms with Gasteiger partial charge in [0.2, 0.25) is 0 Å². The zero-order chi connectivity index (χ0) is 16.2. The number of hydrogen-bond donors (Lipinski definition) is 2. The quantitative estimate of drug-likeness (QED) is 0.853. The number of pyridine rings is 1. The Labute approximate surface area is 125 Å². The molecule has 4 nitrogen and oxygen atoms in total. The van der Waals surface area contributed by atoms with E-state index in [1.54, 1.807) is 6.92 Å². The number of hydrogen-bond acceptors (Lipinski definition) is 3. The van der Waals surface area contributed by atoms with Crippen LogP contribution in [0.1, 0.15) is 34.5 Å². The minimum atomic E-state index is -4.61. The molecule has 1 heterocycles. The Morgan fingerprint density at radius 2 is 1.86 bits per heavy atom. The summed E-state index contributed by atoms with van der Waals surface area (Å²) in [5.74, 6) is -0.886. The van der Waals surface area contributed by atoms with Crippen LogP contribution in [0.3, 0.4) is 0 Å². The van der Waals surface area contributed by atoms with Crippen LogP contribution in [0.2, 0.25) is 0 Å². The maximum Gasteiger partial charge on any atom is 0.417 e. The van der Waals surface area contributed by atoms with Gasteiger partial charge in [0.1, 0.15) is 0 Å². The van der Waals surface area contributed by atoms with Crippen LogP contribution in [0.15, 0.2) is 48.8 Å². The zero-order valence-corrected chi connectivity index (χ0v) is 11.7. The van der Waals surface area contributed by atoms with Gasteiger partial charge in [-0.2, -0.15) is 13.2 Å². The molecule has 0 fully saturated rings. The molecule has 0 aliphatic rings. The standard InChI is InChI=1S/C15H14F3N3O/c1-10(11-5-3-2-4-6-11)20-21-14(22)12-9-19-8-7-13(12)15(16,17)18/h2-10,20H,1H3,(H,21,22). The average molecular weight is 309 g/mol. The van der Waals surface area contributed by atoms with Gasteiger partial charge in [0, 0.05) is 18.4 Å². The topological polar surface area (TPSA) is 54.0 Å². The van der Waals surface area contributed by atoms with Crippen molar-refractivity contribution in [3.05, 3.63) is 65.5 Å². The molecule has 1 unspecified atom stereocenters. The molecule has 0 bridgehead atoms. The van der Waals surface area contributed by atoms with Gasteiger partial charge in [-0.05, 0) is 18.6 Å². The molecule has 1 aromatic heterocycles. The summed E-state index contributed by atoms with van der Waals surface area (Å²) in [6.45, 7) is 1.78. The lowest BCUT2D eigenvalue weighted by molar-refractivity contribution is -0.138. The van der Waals surface area contributed by atoms with Crippen LogP contribution in [0.25, 0.3) is 0 Å². The first-order valence-electron chi connectivity index (χ1n) is 6.51. The molecule has 2 N–H and O–H groups in total. The van der Waals surface area contributed by atoms with Crippen molar-refractivity contribution in [2.24, 2.45) is 0 Å². The zero-order valence-electron chi connectivity index (χ0n) is 11.7. The maximum atomic E-state index is 12.8. The Hall–Kier alpha value is -2.41. The molecule has 0 saturated heterocycles. The molecule has 0 aliphatic heterocycles. The summed E-state index contributed by atoms with van der Waals surface area (Å²) in [5.41, 5.74) is 4.31. The van der Waals surface area contributed by atoms with Crippen molar-refractivity contribution in [1.29, 1.82) is 0 Å². The van der Waals surface area contributed by atoms with Gasteiger partial charge in [0.15, 0.2) is 0 Å². The van der Waals surface area contributed by atoms with E-state index in [-0.39, 0.29) is 6.04 Å². The number of rotatable bonds is 4. The molecule has 0 saturated carbocycles. The number of benzene rings is 1. The highest BCUT2D eigenvalue weighted by atomic mass is 19.4. The number of aromatic nitrogens is 1. The summed E-state index contributed by atoms with van der Waals surface area (Å²) in [5, 5.41) is 0. The number of carbonyl (C=O) groups excluding carboxylic acids is 1. The van der Waals surface area contributed by atoms with E-state index < -0.39 is 23.2 Å². The fourth-order valence-corrected chi connectivity index (χ4v) is 1.89. The lowest BCUT2D eigenvalue weighted by atomic mass is 10.1. The summed E-state index contributed by atoms with van der Waals surface area (Å²) in [7, 11) is 0. The molecule has 2 rings (SSSR count). The van der Waals surface area contributed by atoms with E-state index in [4.69, 9.17) is 0 Å². The lowest BCUT2D eigenvalue weighted by Crippen LogP contribution is -2.39. The summed E-state index contributed by atoms with van der Waals surface area (Å²) in [6, 6.07) is 9.71. The van der Waals surface area contributed by atoms with Crippen LogP contribution in [-0.4, -0.2) is 10.9 Å². The summed E-state index contributed by atoms with van der Waals surface area (Å²) in [6.07, 6.45) is -2.71. The first kappa shape index (κ1) is 16.0. The largest absolute Gasteiger partial charge is 0.417 e. The van der Waals surface area contributed by atoms with E-state index in [9.17, 15) is 18.0 Å². The fourth-order valence-electron chi connectivity index (χ4n) is 1.89.